The molecule has 0 fully saturated rings. The second kappa shape index (κ2) is 6.80. The first-order valence-electron chi connectivity index (χ1n) is 7.05. The molecule has 0 saturated heterocycles. The molecule has 0 bridgehead atoms. The topological polar surface area (TPSA) is 89.5 Å². The highest BCUT2D eigenvalue weighted by molar-refractivity contribution is 5.92. The highest BCUT2D eigenvalue weighted by atomic mass is 19.4. The van der Waals surface area contributed by atoms with E-state index in [0.717, 1.165) is 12.1 Å². The van der Waals surface area contributed by atoms with E-state index in [-0.39, 0.29) is 17.8 Å². The molecule has 2 N–H and O–H groups in total. The molecule has 0 unspecified atom stereocenters. The maximum Gasteiger partial charge on any atom is 0.418 e. The Hall–Kier alpha value is -3.10. The maximum absolute atomic E-state index is 13.2. The van der Waals surface area contributed by atoms with Gasteiger partial charge in [-0.15, -0.1) is 0 Å². The quantitative estimate of drug-likeness (QED) is 0.659. The fourth-order valence-electron chi connectivity index (χ4n) is 2.33. The third-order valence-corrected chi connectivity index (χ3v) is 3.57. The summed E-state index contributed by atoms with van der Waals surface area (Å²) in [5.41, 5.74) is 4.18. The Labute approximate surface area is 140 Å². The van der Waals surface area contributed by atoms with Crippen LogP contribution in [-0.4, -0.2) is 17.9 Å². The van der Waals surface area contributed by atoms with Gasteiger partial charge < -0.3 is 10.6 Å². The number of amides is 1. The lowest BCUT2D eigenvalue weighted by Crippen LogP contribution is -2.21. The van der Waals surface area contributed by atoms with Gasteiger partial charge in [-0.2, -0.15) is 13.2 Å². The van der Waals surface area contributed by atoms with Crippen molar-refractivity contribution in [1.82, 2.24) is 0 Å². The lowest BCUT2D eigenvalue weighted by atomic mass is 10.1. The summed E-state index contributed by atoms with van der Waals surface area (Å²) in [5, 5.41) is 10.7. The number of benzene rings is 2. The zero-order valence-electron chi connectivity index (χ0n) is 13.1. The van der Waals surface area contributed by atoms with E-state index in [1.165, 1.54) is 24.1 Å². The Bertz CT molecular complexity index is 805. The van der Waals surface area contributed by atoms with Gasteiger partial charge in [0.1, 0.15) is 0 Å². The van der Waals surface area contributed by atoms with Crippen LogP contribution in [0, 0.1) is 10.1 Å². The lowest BCUT2D eigenvalue weighted by molar-refractivity contribution is -0.385. The predicted molar refractivity (Wildman–Crippen MR) is 85.2 cm³/mol. The van der Waals surface area contributed by atoms with Gasteiger partial charge in [0.05, 0.1) is 10.5 Å². The van der Waals surface area contributed by atoms with Crippen LogP contribution >= 0.6 is 0 Å². The van der Waals surface area contributed by atoms with Crippen LogP contribution in [0.5, 0.6) is 0 Å². The van der Waals surface area contributed by atoms with Gasteiger partial charge in [0.2, 0.25) is 5.91 Å². The van der Waals surface area contributed by atoms with Crippen molar-refractivity contribution in [1.29, 1.82) is 0 Å². The SMILES string of the molecule is CN(Cc1ccc(C(N)=O)cc1)c1ccc([N+](=O)[O-])cc1C(F)(F)F. The Morgan fingerprint density at radius 3 is 2.28 bits per heavy atom. The molecule has 0 aliphatic rings. The number of alkyl halides is 3. The van der Waals surface area contributed by atoms with Crippen molar-refractivity contribution in [2.45, 2.75) is 12.7 Å². The summed E-state index contributed by atoms with van der Waals surface area (Å²) >= 11 is 0. The van der Waals surface area contributed by atoms with Gasteiger partial charge in [-0.1, -0.05) is 12.1 Å². The standard InChI is InChI=1S/C16H14F3N3O3/c1-21(9-10-2-4-11(5-3-10)15(20)23)14-7-6-12(22(24)25)8-13(14)16(17,18)19/h2-8H,9H2,1H3,(H2,20,23). The van der Waals surface area contributed by atoms with Gasteiger partial charge in [-0.25, -0.2) is 0 Å². The van der Waals surface area contributed by atoms with Gasteiger partial charge in [-0.3, -0.25) is 14.9 Å². The second-order valence-electron chi connectivity index (χ2n) is 5.37. The molecule has 2 aromatic rings. The van der Waals surface area contributed by atoms with Crippen molar-refractivity contribution >= 4 is 17.3 Å². The molecule has 0 atom stereocenters. The Balaban J connectivity index is 2.33. The number of halogens is 3. The van der Waals surface area contributed by atoms with E-state index in [2.05, 4.69) is 0 Å². The second-order valence-corrected chi connectivity index (χ2v) is 5.37. The minimum atomic E-state index is -4.73. The molecule has 0 radical (unpaired) electrons. The molecule has 0 spiro atoms. The normalized spacial score (nSPS) is 11.2. The molecule has 25 heavy (non-hydrogen) atoms. The maximum atomic E-state index is 13.2. The first kappa shape index (κ1) is 18.2. The smallest absolute Gasteiger partial charge is 0.370 e. The van der Waals surface area contributed by atoms with Gasteiger partial charge in [0.25, 0.3) is 5.69 Å². The number of carbonyl (C=O) groups is 1. The van der Waals surface area contributed by atoms with E-state index in [9.17, 15) is 28.1 Å². The Kier molecular flexibility index (Phi) is 4.96. The fraction of sp³-hybridized carbons (Fsp3) is 0.188. The minimum absolute atomic E-state index is 0.111. The number of nitro groups is 1. The highest BCUT2D eigenvalue weighted by Crippen LogP contribution is 2.38. The van der Waals surface area contributed by atoms with Crippen LogP contribution < -0.4 is 10.6 Å². The van der Waals surface area contributed by atoms with E-state index in [1.807, 2.05) is 0 Å². The molecular weight excluding hydrogens is 339 g/mol. The van der Waals surface area contributed by atoms with Crippen molar-refractivity contribution in [3.8, 4) is 0 Å². The van der Waals surface area contributed by atoms with E-state index < -0.39 is 28.3 Å². The Morgan fingerprint density at radius 1 is 1.20 bits per heavy atom. The molecular formula is C16H14F3N3O3. The van der Waals surface area contributed by atoms with Gasteiger partial charge in [0, 0.05) is 37.0 Å². The summed E-state index contributed by atoms with van der Waals surface area (Å²) in [5.74, 6) is -0.602. The molecule has 2 aromatic carbocycles. The van der Waals surface area contributed by atoms with Crippen LogP contribution in [0.4, 0.5) is 24.5 Å². The van der Waals surface area contributed by atoms with Crippen molar-refractivity contribution < 1.29 is 22.9 Å². The van der Waals surface area contributed by atoms with E-state index in [1.54, 1.807) is 12.1 Å². The molecule has 0 aliphatic carbocycles. The number of nitrogens with zero attached hydrogens (tertiary/aromatic N) is 2. The predicted octanol–water partition coefficient (Wildman–Crippen LogP) is 3.35. The number of rotatable bonds is 5. The molecule has 0 aromatic heterocycles. The fourth-order valence-corrected chi connectivity index (χ4v) is 2.33. The third-order valence-electron chi connectivity index (χ3n) is 3.57. The van der Waals surface area contributed by atoms with Crippen molar-refractivity contribution in [3.05, 3.63) is 69.3 Å². The van der Waals surface area contributed by atoms with Crippen molar-refractivity contribution in [3.63, 3.8) is 0 Å². The summed E-state index contributed by atoms with van der Waals surface area (Å²) in [4.78, 5) is 22.2. The zero-order chi connectivity index (χ0) is 18.8. The lowest BCUT2D eigenvalue weighted by Gasteiger charge is -2.23. The summed E-state index contributed by atoms with van der Waals surface area (Å²) in [6, 6.07) is 8.72. The van der Waals surface area contributed by atoms with Crippen molar-refractivity contribution in [2.24, 2.45) is 5.73 Å². The first-order valence-corrected chi connectivity index (χ1v) is 7.05. The molecule has 132 valence electrons. The first-order chi connectivity index (χ1) is 11.6. The highest BCUT2D eigenvalue weighted by Gasteiger charge is 2.36. The molecule has 1 amide bonds. The van der Waals surface area contributed by atoms with Crippen LogP contribution in [-0.2, 0) is 12.7 Å². The number of nitrogens with two attached hydrogens (primary N) is 1. The molecule has 2 rings (SSSR count). The van der Waals surface area contributed by atoms with E-state index in [0.29, 0.717) is 11.6 Å². The van der Waals surface area contributed by atoms with Crippen LogP contribution in [0.2, 0.25) is 0 Å². The van der Waals surface area contributed by atoms with Crippen LogP contribution in [0.15, 0.2) is 42.5 Å². The van der Waals surface area contributed by atoms with E-state index >= 15 is 0 Å². The molecule has 0 aliphatic heterocycles. The molecule has 0 saturated carbocycles. The van der Waals surface area contributed by atoms with Gasteiger partial charge in [0.15, 0.2) is 0 Å². The number of carbonyl (C=O) groups excluding carboxylic acids is 1. The number of anilines is 1. The largest absolute Gasteiger partial charge is 0.418 e. The van der Waals surface area contributed by atoms with Gasteiger partial charge in [-0.05, 0) is 23.8 Å². The van der Waals surface area contributed by atoms with Crippen molar-refractivity contribution in [2.75, 3.05) is 11.9 Å². The zero-order valence-corrected chi connectivity index (χ0v) is 13.1. The average molecular weight is 353 g/mol. The average Bonchev–Trinajstić information content (AvgIpc) is 2.53. The number of primary amides is 1. The molecule has 0 heterocycles. The van der Waals surface area contributed by atoms with Crippen LogP contribution in [0.3, 0.4) is 0 Å². The van der Waals surface area contributed by atoms with Crippen LogP contribution in [0.1, 0.15) is 21.5 Å². The number of hydrogen-bond acceptors (Lipinski definition) is 4. The van der Waals surface area contributed by atoms with Gasteiger partial charge >= 0.3 is 6.18 Å². The van der Waals surface area contributed by atoms with E-state index in [4.69, 9.17) is 5.73 Å². The summed E-state index contributed by atoms with van der Waals surface area (Å²) in [7, 11) is 1.44. The van der Waals surface area contributed by atoms with Crippen LogP contribution in [0.25, 0.3) is 0 Å². The molecule has 6 nitrogen and oxygen atoms in total. The number of nitro benzene ring substituents is 1. The Morgan fingerprint density at radius 2 is 1.80 bits per heavy atom. The number of hydrogen-bond donors (Lipinski definition) is 1. The summed E-state index contributed by atoms with van der Waals surface area (Å²) in [6.07, 6.45) is -4.73. The molecule has 9 heteroatoms. The number of non-ortho nitro benzene ring substituents is 1. The summed E-state index contributed by atoms with van der Waals surface area (Å²) in [6.45, 7) is 0.111. The summed E-state index contributed by atoms with van der Waals surface area (Å²) < 4.78 is 39.7. The minimum Gasteiger partial charge on any atom is -0.370 e. The third kappa shape index (κ3) is 4.25. The monoisotopic (exact) mass is 353 g/mol.